The van der Waals surface area contributed by atoms with Gasteiger partial charge in [-0.3, -0.25) is 0 Å². The summed E-state index contributed by atoms with van der Waals surface area (Å²) in [5, 5.41) is 12.7. The third-order valence-corrected chi connectivity index (χ3v) is 5.52. The fourth-order valence-electron chi connectivity index (χ4n) is 2.87. The summed E-state index contributed by atoms with van der Waals surface area (Å²) in [4.78, 5) is 20.7. The first-order valence-electron chi connectivity index (χ1n) is 8.40. The molecule has 6 nitrogen and oxygen atoms in total. The van der Waals surface area contributed by atoms with Gasteiger partial charge in [-0.25, -0.2) is 9.78 Å². The van der Waals surface area contributed by atoms with E-state index in [4.69, 9.17) is 0 Å². The minimum atomic E-state index is -0.0393. The topological polar surface area (TPSA) is 68.7 Å². The van der Waals surface area contributed by atoms with Gasteiger partial charge in [-0.2, -0.15) is 0 Å². The molecule has 8 heteroatoms. The predicted octanol–water partition coefficient (Wildman–Crippen LogP) is 3.39. The van der Waals surface area contributed by atoms with Crippen LogP contribution in [0.4, 0.5) is 10.6 Å². The van der Waals surface area contributed by atoms with Gasteiger partial charge in [0, 0.05) is 38.9 Å². The number of phenolic OH excluding ortho intramolecular Hbond substituents is 1. The van der Waals surface area contributed by atoms with E-state index in [1.54, 1.807) is 6.20 Å². The minimum absolute atomic E-state index is 0.0393. The van der Waals surface area contributed by atoms with Crippen LogP contribution in [0.2, 0.25) is 0 Å². The molecule has 1 aliphatic rings. The van der Waals surface area contributed by atoms with Crippen LogP contribution < -0.4 is 10.2 Å². The van der Waals surface area contributed by atoms with Crippen LogP contribution >= 0.6 is 31.9 Å². The monoisotopic (exact) mass is 482 g/mol. The van der Waals surface area contributed by atoms with Crippen molar-refractivity contribution in [2.75, 3.05) is 37.6 Å². The van der Waals surface area contributed by atoms with E-state index in [0.29, 0.717) is 35.0 Å². The predicted molar refractivity (Wildman–Crippen MR) is 109 cm³/mol. The van der Waals surface area contributed by atoms with Gasteiger partial charge < -0.3 is 20.2 Å². The maximum absolute atomic E-state index is 12.3. The number of nitrogens with zero attached hydrogens (tertiary/aromatic N) is 3. The fraction of sp³-hybridized carbons (Fsp3) is 0.333. The number of amides is 2. The molecule has 2 heterocycles. The second kappa shape index (κ2) is 8.73. The van der Waals surface area contributed by atoms with Crippen molar-refractivity contribution in [3.05, 3.63) is 51.0 Å². The first-order valence-corrected chi connectivity index (χ1v) is 9.99. The highest BCUT2D eigenvalue weighted by Crippen LogP contribution is 2.33. The Morgan fingerprint density at radius 3 is 2.46 bits per heavy atom. The number of benzene rings is 1. The number of halogens is 2. The fourth-order valence-corrected chi connectivity index (χ4v) is 4.15. The van der Waals surface area contributed by atoms with Crippen molar-refractivity contribution in [2.24, 2.45) is 0 Å². The Bertz CT molecular complexity index is 742. The van der Waals surface area contributed by atoms with Crippen LogP contribution in [0, 0.1) is 0 Å². The summed E-state index contributed by atoms with van der Waals surface area (Å²) in [7, 11) is 0. The van der Waals surface area contributed by atoms with E-state index in [0.717, 1.165) is 24.5 Å². The summed E-state index contributed by atoms with van der Waals surface area (Å²) in [5.74, 6) is 1.14. The molecular formula is C18H20Br2N4O2. The molecule has 0 unspecified atom stereocenters. The summed E-state index contributed by atoms with van der Waals surface area (Å²) in [5.41, 5.74) is 1.03. The molecule has 1 aliphatic heterocycles. The Labute approximate surface area is 169 Å². The van der Waals surface area contributed by atoms with Crippen molar-refractivity contribution in [3.63, 3.8) is 0 Å². The first-order chi connectivity index (χ1) is 12.5. The van der Waals surface area contributed by atoms with Crippen molar-refractivity contribution in [1.82, 2.24) is 15.2 Å². The van der Waals surface area contributed by atoms with Gasteiger partial charge in [-0.15, -0.1) is 0 Å². The number of piperazine rings is 1. The third-order valence-electron chi connectivity index (χ3n) is 4.31. The van der Waals surface area contributed by atoms with Crippen LogP contribution in [-0.2, 0) is 6.42 Å². The lowest BCUT2D eigenvalue weighted by molar-refractivity contribution is 0.194. The summed E-state index contributed by atoms with van der Waals surface area (Å²) in [6.45, 7) is 3.46. The van der Waals surface area contributed by atoms with Crippen molar-refractivity contribution >= 4 is 43.7 Å². The van der Waals surface area contributed by atoms with Crippen LogP contribution in [0.5, 0.6) is 5.75 Å². The van der Waals surface area contributed by atoms with E-state index >= 15 is 0 Å². The van der Waals surface area contributed by atoms with Crippen LogP contribution in [0.1, 0.15) is 5.56 Å². The van der Waals surface area contributed by atoms with E-state index in [1.165, 1.54) is 0 Å². The Morgan fingerprint density at radius 1 is 1.15 bits per heavy atom. The molecule has 0 radical (unpaired) electrons. The van der Waals surface area contributed by atoms with Gasteiger partial charge in [0.1, 0.15) is 11.6 Å². The Morgan fingerprint density at radius 2 is 1.85 bits per heavy atom. The quantitative estimate of drug-likeness (QED) is 0.699. The number of anilines is 1. The molecule has 1 aromatic carbocycles. The molecule has 0 saturated carbocycles. The van der Waals surface area contributed by atoms with Gasteiger partial charge >= 0.3 is 6.03 Å². The summed E-state index contributed by atoms with van der Waals surface area (Å²) in [6.07, 6.45) is 2.48. The van der Waals surface area contributed by atoms with Gasteiger partial charge in [0.15, 0.2) is 0 Å². The lowest BCUT2D eigenvalue weighted by atomic mass is 10.1. The standard InChI is InChI=1S/C18H20Br2N4O2/c19-14-11-13(12-15(20)17(14)25)4-6-22-18(26)24-9-7-23(8-10-24)16-3-1-2-5-21-16/h1-3,5,11-12,25H,4,6-10H2,(H,22,26). The molecule has 26 heavy (non-hydrogen) atoms. The second-order valence-corrected chi connectivity index (χ2v) is 7.76. The molecule has 138 valence electrons. The van der Waals surface area contributed by atoms with Gasteiger partial charge in [0.25, 0.3) is 0 Å². The van der Waals surface area contributed by atoms with Gasteiger partial charge in [-0.1, -0.05) is 6.07 Å². The van der Waals surface area contributed by atoms with Crippen molar-refractivity contribution < 1.29 is 9.90 Å². The van der Waals surface area contributed by atoms with E-state index in [9.17, 15) is 9.90 Å². The lowest BCUT2D eigenvalue weighted by Crippen LogP contribution is -2.52. The number of aromatic nitrogens is 1. The minimum Gasteiger partial charge on any atom is -0.506 e. The zero-order chi connectivity index (χ0) is 18.5. The van der Waals surface area contributed by atoms with Crippen LogP contribution in [-0.4, -0.2) is 53.7 Å². The number of nitrogens with one attached hydrogen (secondary N) is 1. The second-order valence-electron chi connectivity index (χ2n) is 6.05. The average molecular weight is 484 g/mol. The lowest BCUT2D eigenvalue weighted by Gasteiger charge is -2.35. The molecular weight excluding hydrogens is 464 g/mol. The highest BCUT2D eigenvalue weighted by atomic mass is 79.9. The molecule has 0 spiro atoms. The Hall–Kier alpha value is -1.80. The number of phenols is 1. The van der Waals surface area contributed by atoms with Crippen LogP contribution in [0.3, 0.4) is 0 Å². The van der Waals surface area contributed by atoms with Gasteiger partial charge in [-0.05, 0) is 68.1 Å². The number of rotatable bonds is 4. The summed E-state index contributed by atoms with van der Waals surface area (Å²) in [6, 6.07) is 9.54. The summed E-state index contributed by atoms with van der Waals surface area (Å²) < 4.78 is 1.28. The maximum Gasteiger partial charge on any atom is 0.317 e. The zero-order valence-electron chi connectivity index (χ0n) is 14.2. The van der Waals surface area contributed by atoms with E-state index < -0.39 is 0 Å². The van der Waals surface area contributed by atoms with Crippen LogP contribution in [0.25, 0.3) is 0 Å². The molecule has 0 atom stereocenters. The van der Waals surface area contributed by atoms with E-state index in [1.807, 2.05) is 35.2 Å². The zero-order valence-corrected chi connectivity index (χ0v) is 17.3. The number of aromatic hydroxyl groups is 1. The number of carbonyl (C=O) groups excluding carboxylic acids is 1. The highest BCUT2D eigenvalue weighted by molar-refractivity contribution is 9.11. The number of hydrogen-bond donors (Lipinski definition) is 2. The largest absolute Gasteiger partial charge is 0.506 e. The van der Waals surface area contributed by atoms with E-state index in [2.05, 4.69) is 47.1 Å². The normalized spacial score (nSPS) is 14.4. The first kappa shape index (κ1) is 19.0. The molecule has 1 saturated heterocycles. The smallest absolute Gasteiger partial charge is 0.317 e. The molecule has 2 N–H and O–H groups in total. The number of pyridine rings is 1. The molecule has 3 rings (SSSR count). The number of carbonyl (C=O) groups is 1. The van der Waals surface area contributed by atoms with Crippen molar-refractivity contribution in [3.8, 4) is 5.75 Å². The average Bonchev–Trinajstić information content (AvgIpc) is 2.67. The Balaban J connectivity index is 1.45. The summed E-state index contributed by atoms with van der Waals surface area (Å²) >= 11 is 6.64. The van der Waals surface area contributed by atoms with Gasteiger partial charge in [0.2, 0.25) is 0 Å². The molecule has 0 aliphatic carbocycles. The molecule has 2 amide bonds. The van der Waals surface area contributed by atoms with Crippen LogP contribution in [0.15, 0.2) is 45.5 Å². The highest BCUT2D eigenvalue weighted by Gasteiger charge is 2.21. The Kier molecular flexibility index (Phi) is 6.37. The molecule has 2 aromatic rings. The molecule has 0 bridgehead atoms. The van der Waals surface area contributed by atoms with Crippen molar-refractivity contribution in [2.45, 2.75) is 6.42 Å². The number of hydrogen-bond acceptors (Lipinski definition) is 4. The SMILES string of the molecule is O=C(NCCc1cc(Br)c(O)c(Br)c1)N1CCN(c2ccccn2)CC1. The molecule has 1 aromatic heterocycles. The number of urea groups is 1. The maximum atomic E-state index is 12.3. The van der Waals surface area contributed by atoms with Crippen molar-refractivity contribution in [1.29, 1.82) is 0 Å². The third kappa shape index (κ3) is 4.67. The molecule has 1 fully saturated rings. The van der Waals surface area contributed by atoms with E-state index in [-0.39, 0.29) is 11.8 Å². The van der Waals surface area contributed by atoms with Gasteiger partial charge in [0.05, 0.1) is 8.95 Å².